The van der Waals surface area contributed by atoms with Crippen LogP contribution < -0.4 is 9.47 Å². The molecule has 0 saturated carbocycles. The highest BCUT2D eigenvalue weighted by molar-refractivity contribution is 6.40. The highest BCUT2D eigenvalue weighted by Crippen LogP contribution is 2.47. The first kappa shape index (κ1) is 42.8. The van der Waals surface area contributed by atoms with Gasteiger partial charge in [0.05, 0.1) is 23.3 Å². The second kappa shape index (κ2) is 27.9. The Balaban J connectivity index is 1.40. The number of ether oxygens (including phenoxy) is 2. The maximum absolute atomic E-state index is 6.88. The van der Waals surface area contributed by atoms with Crippen LogP contribution >= 0.6 is 23.2 Å². The molecule has 50 heavy (non-hydrogen) atoms. The maximum atomic E-state index is 6.88. The van der Waals surface area contributed by atoms with Gasteiger partial charge in [-0.3, -0.25) is 0 Å². The molecule has 0 saturated heterocycles. The van der Waals surface area contributed by atoms with E-state index in [-0.39, 0.29) is 0 Å². The number of hydrogen-bond donors (Lipinski definition) is 0. The first-order valence-corrected chi connectivity index (χ1v) is 22.0. The third-order valence-corrected chi connectivity index (χ3v) is 11.1. The molecule has 0 unspecified atom stereocenters. The van der Waals surface area contributed by atoms with Crippen LogP contribution in [0.4, 0.5) is 0 Å². The molecule has 0 bridgehead atoms. The molecule has 0 heterocycles. The summed E-state index contributed by atoms with van der Waals surface area (Å²) in [5.74, 6) is 1.67. The lowest BCUT2D eigenvalue weighted by molar-refractivity contribution is 0.306. The van der Waals surface area contributed by atoms with Crippen LogP contribution in [0, 0.1) is 0 Å². The normalized spacial score (nSPS) is 11.6. The summed E-state index contributed by atoms with van der Waals surface area (Å²) in [6.45, 7) is 5.94. The second-order valence-corrected chi connectivity index (χ2v) is 15.7. The van der Waals surface area contributed by atoms with E-state index in [4.69, 9.17) is 32.7 Å². The Hall–Kier alpha value is -1.64. The van der Waals surface area contributed by atoms with E-state index in [2.05, 4.69) is 26.0 Å². The maximum Gasteiger partial charge on any atom is 0.138 e. The molecule has 0 radical (unpaired) electrons. The van der Waals surface area contributed by atoms with E-state index in [1.807, 2.05) is 24.3 Å². The molecule has 0 aliphatic carbocycles. The van der Waals surface area contributed by atoms with Gasteiger partial charge in [0.15, 0.2) is 0 Å². The second-order valence-electron chi connectivity index (χ2n) is 14.9. The molecule has 3 aromatic carbocycles. The number of unbranched alkanes of at least 4 members (excludes halogenated alkanes) is 26. The molecule has 2 nitrogen and oxygen atoms in total. The summed E-state index contributed by atoms with van der Waals surface area (Å²) in [6, 6.07) is 12.1. The number of rotatable bonds is 32. The fraction of sp³-hybridized carbons (Fsp3) is 0.696. The van der Waals surface area contributed by atoms with Gasteiger partial charge in [0.2, 0.25) is 0 Å². The summed E-state index contributed by atoms with van der Waals surface area (Å²) in [6.07, 6.45) is 37.7. The van der Waals surface area contributed by atoms with Crippen molar-refractivity contribution in [1.29, 1.82) is 0 Å². The molecular formula is C46H72Cl2O2. The van der Waals surface area contributed by atoms with Gasteiger partial charge in [-0.15, -0.1) is 0 Å². The summed E-state index contributed by atoms with van der Waals surface area (Å²) in [4.78, 5) is 0. The molecular weight excluding hydrogens is 655 g/mol. The molecule has 0 N–H and O–H groups in total. The molecule has 3 aromatic rings. The van der Waals surface area contributed by atoms with Gasteiger partial charge in [0.1, 0.15) is 11.5 Å². The van der Waals surface area contributed by atoms with Gasteiger partial charge in [-0.2, -0.15) is 0 Å². The molecule has 282 valence electrons. The lowest BCUT2D eigenvalue weighted by Crippen LogP contribution is -2.03. The van der Waals surface area contributed by atoms with Gasteiger partial charge in [-0.1, -0.05) is 228 Å². The van der Waals surface area contributed by atoms with Gasteiger partial charge in [0.25, 0.3) is 0 Å². The molecule has 0 fully saturated rings. The minimum atomic E-state index is 0.665. The van der Waals surface area contributed by atoms with Crippen LogP contribution in [-0.4, -0.2) is 13.2 Å². The Morgan fingerprint density at radius 1 is 0.360 bits per heavy atom. The molecule has 3 rings (SSSR count). The highest BCUT2D eigenvalue weighted by atomic mass is 35.5. The van der Waals surface area contributed by atoms with Crippen molar-refractivity contribution in [2.75, 3.05) is 13.2 Å². The predicted molar refractivity (Wildman–Crippen MR) is 223 cm³/mol. The Bertz CT molecular complexity index is 1230. The number of fused-ring (bicyclic) bond motifs is 2. The van der Waals surface area contributed by atoms with Gasteiger partial charge >= 0.3 is 0 Å². The van der Waals surface area contributed by atoms with Crippen molar-refractivity contribution in [2.24, 2.45) is 0 Å². The quantitative estimate of drug-likeness (QED) is 0.0471. The number of hydrogen-bond acceptors (Lipinski definition) is 2. The van der Waals surface area contributed by atoms with E-state index in [1.165, 1.54) is 167 Å². The largest absolute Gasteiger partial charge is 0.492 e. The summed E-state index contributed by atoms with van der Waals surface area (Å²) in [5.41, 5.74) is 0. The summed E-state index contributed by atoms with van der Waals surface area (Å²) < 4.78 is 13.1. The SMILES string of the molecule is CCCCCCCCCCCCCCCCOc1c2cccc(Cl)c2c(OCCCCCCCCCCCCCCCC)c2c(Cl)cccc12. The zero-order chi connectivity index (χ0) is 35.5. The van der Waals surface area contributed by atoms with Crippen LogP contribution in [0.1, 0.15) is 194 Å². The van der Waals surface area contributed by atoms with E-state index < -0.39 is 0 Å². The monoisotopic (exact) mass is 726 g/mol. The van der Waals surface area contributed by atoms with Crippen molar-refractivity contribution < 1.29 is 9.47 Å². The Kier molecular flexibility index (Phi) is 23.9. The minimum absolute atomic E-state index is 0.665. The van der Waals surface area contributed by atoms with Crippen LogP contribution in [0.25, 0.3) is 21.5 Å². The lowest BCUT2D eigenvalue weighted by Gasteiger charge is -2.19. The van der Waals surface area contributed by atoms with Crippen LogP contribution in [-0.2, 0) is 0 Å². The van der Waals surface area contributed by atoms with E-state index >= 15 is 0 Å². The van der Waals surface area contributed by atoms with E-state index in [0.29, 0.717) is 23.3 Å². The highest BCUT2D eigenvalue weighted by Gasteiger charge is 2.20. The molecule has 0 amide bonds. The average molecular weight is 728 g/mol. The molecule has 0 spiro atoms. The first-order valence-electron chi connectivity index (χ1n) is 21.3. The third kappa shape index (κ3) is 16.4. The molecule has 4 heteroatoms. The zero-order valence-electron chi connectivity index (χ0n) is 32.2. The Labute approximate surface area is 317 Å². The van der Waals surface area contributed by atoms with Crippen LogP contribution in [0.2, 0.25) is 10.0 Å². The lowest BCUT2D eigenvalue weighted by atomic mass is 10.00. The zero-order valence-corrected chi connectivity index (χ0v) is 33.8. The standard InChI is InChI=1S/C46H72Cl2O2/c1-3-5-7-9-11-13-15-17-19-21-23-25-27-29-37-49-45-39-33-31-35-41(47)43(39)46(44-40(45)34-32-36-42(44)48)50-38-30-28-26-24-22-20-18-16-14-12-10-8-6-4-2/h31-36H,3-30,37-38H2,1-2H3. The third-order valence-electron chi connectivity index (χ3n) is 10.5. The van der Waals surface area contributed by atoms with Crippen LogP contribution in [0.3, 0.4) is 0 Å². The first-order chi connectivity index (χ1) is 24.7. The topological polar surface area (TPSA) is 18.5 Å². The van der Waals surface area contributed by atoms with Crippen molar-refractivity contribution in [3.05, 3.63) is 46.4 Å². The molecule has 0 aliphatic rings. The van der Waals surface area contributed by atoms with Gasteiger partial charge < -0.3 is 9.47 Å². The summed E-state index contributed by atoms with van der Waals surface area (Å²) in [7, 11) is 0. The minimum Gasteiger partial charge on any atom is -0.492 e. The Morgan fingerprint density at radius 3 is 0.960 bits per heavy atom. The number of benzene rings is 3. The summed E-state index contributed by atoms with van der Waals surface area (Å²) in [5, 5.41) is 5.21. The van der Waals surface area contributed by atoms with Crippen molar-refractivity contribution in [2.45, 2.75) is 194 Å². The Morgan fingerprint density at radius 2 is 0.640 bits per heavy atom. The van der Waals surface area contributed by atoms with Crippen LogP contribution in [0.15, 0.2) is 36.4 Å². The van der Waals surface area contributed by atoms with Gasteiger partial charge in [-0.25, -0.2) is 0 Å². The number of halogens is 2. The van der Waals surface area contributed by atoms with Crippen molar-refractivity contribution in [3.63, 3.8) is 0 Å². The van der Waals surface area contributed by atoms with Crippen LogP contribution in [0.5, 0.6) is 11.5 Å². The summed E-state index contributed by atoms with van der Waals surface area (Å²) >= 11 is 13.8. The molecule has 0 atom stereocenters. The smallest absolute Gasteiger partial charge is 0.138 e. The van der Waals surface area contributed by atoms with Crippen molar-refractivity contribution in [1.82, 2.24) is 0 Å². The fourth-order valence-electron chi connectivity index (χ4n) is 7.40. The predicted octanol–water partition coefficient (Wildman–Crippen LogP) is 17.0. The average Bonchev–Trinajstić information content (AvgIpc) is 3.12. The van der Waals surface area contributed by atoms with Crippen molar-refractivity contribution in [3.8, 4) is 11.5 Å². The van der Waals surface area contributed by atoms with E-state index in [0.717, 1.165) is 45.9 Å². The van der Waals surface area contributed by atoms with E-state index in [9.17, 15) is 0 Å². The van der Waals surface area contributed by atoms with Crippen molar-refractivity contribution >= 4 is 44.7 Å². The van der Waals surface area contributed by atoms with E-state index in [1.54, 1.807) is 0 Å². The van der Waals surface area contributed by atoms with Gasteiger partial charge in [0, 0.05) is 21.5 Å². The van der Waals surface area contributed by atoms with Gasteiger partial charge in [-0.05, 0) is 25.0 Å². The molecule has 0 aromatic heterocycles. The fourth-order valence-corrected chi connectivity index (χ4v) is 7.92. The molecule has 0 aliphatic heterocycles.